The highest BCUT2D eigenvalue weighted by molar-refractivity contribution is 5.95. The Morgan fingerprint density at radius 3 is 3.09 bits per heavy atom. The minimum absolute atomic E-state index is 0.208. The Labute approximate surface area is 126 Å². The molecule has 3 aromatic rings. The average Bonchev–Trinajstić information content (AvgIpc) is 3.19. The summed E-state index contributed by atoms with van der Waals surface area (Å²) >= 11 is 0. The van der Waals surface area contributed by atoms with E-state index < -0.39 is 0 Å². The van der Waals surface area contributed by atoms with Crippen LogP contribution in [0.2, 0.25) is 0 Å². The van der Waals surface area contributed by atoms with E-state index in [2.05, 4.69) is 15.3 Å². The van der Waals surface area contributed by atoms with Crippen LogP contribution in [0, 0.1) is 0 Å². The van der Waals surface area contributed by atoms with Gasteiger partial charge >= 0.3 is 0 Å². The fourth-order valence-corrected chi connectivity index (χ4v) is 2.40. The molecule has 1 aliphatic heterocycles. The number of rotatable bonds is 3. The summed E-state index contributed by atoms with van der Waals surface area (Å²) in [5.41, 5.74) is 2.25. The van der Waals surface area contributed by atoms with E-state index in [9.17, 15) is 4.79 Å². The van der Waals surface area contributed by atoms with Gasteiger partial charge in [0, 0.05) is 18.1 Å². The van der Waals surface area contributed by atoms with Crippen LogP contribution in [0.25, 0.3) is 10.9 Å². The van der Waals surface area contributed by atoms with Gasteiger partial charge in [-0.05, 0) is 29.8 Å². The number of carbonyl (C=O) groups is 1. The van der Waals surface area contributed by atoms with Crippen molar-refractivity contribution in [3.63, 3.8) is 0 Å². The Hall–Kier alpha value is -3.02. The van der Waals surface area contributed by atoms with Crippen LogP contribution in [0.4, 0.5) is 0 Å². The summed E-state index contributed by atoms with van der Waals surface area (Å²) in [5, 5.41) is 3.82. The first kappa shape index (κ1) is 12.7. The molecule has 1 aromatic carbocycles. The molecule has 0 aliphatic carbocycles. The monoisotopic (exact) mass is 295 g/mol. The van der Waals surface area contributed by atoms with Gasteiger partial charge in [0.1, 0.15) is 5.69 Å². The quantitative estimate of drug-likeness (QED) is 0.777. The van der Waals surface area contributed by atoms with Crippen LogP contribution in [-0.4, -0.2) is 22.7 Å². The molecule has 1 aliphatic rings. The molecular weight excluding hydrogens is 282 g/mol. The molecule has 0 unspecified atom stereocenters. The second kappa shape index (κ2) is 5.07. The molecule has 2 aromatic heterocycles. The molecule has 0 bridgehead atoms. The predicted molar refractivity (Wildman–Crippen MR) is 79.8 cm³/mol. The van der Waals surface area contributed by atoms with Gasteiger partial charge in [-0.25, -0.2) is 4.98 Å². The summed E-state index contributed by atoms with van der Waals surface area (Å²) in [6.45, 7) is 0.647. The number of amides is 1. The van der Waals surface area contributed by atoms with Gasteiger partial charge in [-0.3, -0.25) is 4.79 Å². The standard InChI is InChI=1S/C16H13N3O3/c20-16(12-6-11-3-4-17-13(11)8-18-12)19-7-10-1-2-14-15(5-10)22-9-21-14/h1-6,8,17H,7,9H2,(H,19,20). The molecule has 22 heavy (non-hydrogen) atoms. The van der Waals surface area contributed by atoms with Gasteiger partial charge in [-0.15, -0.1) is 0 Å². The zero-order chi connectivity index (χ0) is 14.9. The number of ether oxygens (including phenoxy) is 2. The summed E-state index contributed by atoms with van der Waals surface area (Å²) in [4.78, 5) is 19.4. The second-order valence-electron chi connectivity index (χ2n) is 5.00. The molecule has 0 saturated heterocycles. The number of nitrogens with zero attached hydrogens (tertiary/aromatic N) is 1. The number of hydrogen-bond donors (Lipinski definition) is 2. The maximum absolute atomic E-state index is 12.2. The summed E-state index contributed by atoms with van der Waals surface area (Å²) in [6.07, 6.45) is 3.48. The van der Waals surface area contributed by atoms with Crippen molar-refractivity contribution in [2.24, 2.45) is 0 Å². The van der Waals surface area contributed by atoms with Crippen molar-refractivity contribution in [3.8, 4) is 11.5 Å². The number of hydrogen-bond acceptors (Lipinski definition) is 4. The number of fused-ring (bicyclic) bond motifs is 2. The number of aromatic nitrogens is 2. The zero-order valence-electron chi connectivity index (χ0n) is 11.6. The van der Waals surface area contributed by atoms with E-state index in [1.165, 1.54) is 0 Å². The fraction of sp³-hybridized carbons (Fsp3) is 0.125. The van der Waals surface area contributed by atoms with E-state index in [0.29, 0.717) is 18.0 Å². The number of aromatic amines is 1. The first-order valence-electron chi connectivity index (χ1n) is 6.89. The third kappa shape index (κ3) is 2.24. The molecule has 110 valence electrons. The van der Waals surface area contributed by atoms with Gasteiger partial charge in [0.25, 0.3) is 5.91 Å². The Morgan fingerprint density at radius 1 is 1.23 bits per heavy atom. The molecular formula is C16H13N3O3. The molecule has 0 fully saturated rings. The summed E-state index contributed by atoms with van der Waals surface area (Å²) < 4.78 is 10.6. The van der Waals surface area contributed by atoms with Gasteiger partial charge in [0.05, 0.1) is 11.7 Å². The first-order chi connectivity index (χ1) is 10.8. The van der Waals surface area contributed by atoms with Crippen LogP contribution >= 0.6 is 0 Å². The molecule has 0 spiro atoms. The van der Waals surface area contributed by atoms with Gasteiger partial charge in [-0.1, -0.05) is 6.07 Å². The van der Waals surface area contributed by atoms with E-state index in [4.69, 9.17) is 9.47 Å². The second-order valence-corrected chi connectivity index (χ2v) is 5.00. The van der Waals surface area contributed by atoms with Crippen LogP contribution in [-0.2, 0) is 6.54 Å². The molecule has 6 nitrogen and oxygen atoms in total. The Balaban J connectivity index is 1.47. The van der Waals surface area contributed by atoms with E-state index in [1.54, 1.807) is 12.3 Å². The van der Waals surface area contributed by atoms with Gasteiger partial charge in [-0.2, -0.15) is 0 Å². The molecule has 0 radical (unpaired) electrons. The highest BCUT2D eigenvalue weighted by atomic mass is 16.7. The minimum atomic E-state index is -0.208. The molecule has 4 rings (SSSR count). The lowest BCUT2D eigenvalue weighted by atomic mass is 10.2. The number of pyridine rings is 1. The SMILES string of the molecule is O=C(NCc1ccc2c(c1)OCO2)c1cc2cc[nH]c2cn1. The maximum Gasteiger partial charge on any atom is 0.270 e. The number of nitrogens with one attached hydrogen (secondary N) is 2. The van der Waals surface area contributed by atoms with Crippen molar-refractivity contribution >= 4 is 16.8 Å². The fourth-order valence-electron chi connectivity index (χ4n) is 2.40. The van der Waals surface area contributed by atoms with Gasteiger partial charge in [0.15, 0.2) is 11.5 Å². The molecule has 6 heteroatoms. The van der Waals surface area contributed by atoms with Crippen LogP contribution in [0.3, 0.4) is 0 Å². The summed E-state index contributed by atoms with van der Waals surface area (Å²) in [5.74, 6) is 1.23. The smallest absolute Gasteiger partial charge is 0.270 e. The molecule has 2 N–H and O–H groups in total. The van der Waals surface area contributed by atoms with Crippen LogP contribution < -0.4 is 14.8 Å². The van der Waals surface area contributed by atoms with Crippen molar-refractivity contribution in [1.29, 1.82) is 0 Å². The maximum atomic E-state index is 12.2. The topological polar surface area (TPSA) is 76.2 Å². The summed E-state index contributed by atoms with van der Waals surface area (Å²) in [7, 11) is 0. The Morgan fingerprint density at radius 2 is 2.14 bits per heavy atom. The van der Waals surface area contributed by atoms with Crippen molar-refractivity contribution in [1.82, 2.24) is 15.3 Å². The van der Waals surface area contributed by atoms with Crippen molar-refractivity contribution in [2.75, 3.05) is 6.79 Å². The van der Waals surface area contributed by atoms with Crippen LogP contribution in [0.1, 0.15) is 16.1 Å². The van der Waals surface area contributed by atoms with Gasteiger partial charge in [0.2, 0.25) is 6.79 Å². The number of carbonyl (C=O) groups excluding carboxylic acids is 1. The van der Waals surface area contributed by atoms with Crippen molar-refractivity contribution in [3.05, 3.63) is 54.0 Å². The third-order valence-electron chi connectivity index (χ3n) is 3.56. The van der Waals surface area contributed by atoms with E-state index >= 15 is 0 Å². The molecule has 0 saturated carbocycles. The normalized spacial score (nSPS) is 12.5. The molecule has 0 atom stereocenters. The largest absolute Gasteiger partial charge is 0.454 e. The van der Waals surface area contributed by atoms with Crippen molar-refractivity contribution in [2.45, 2.75) is 6.54 Å². The summed E-state index contributed by atoms with van der Waals surface area (Å²) in [6, 6.07) is 9.28. The number of H-pyrrole nitrogens is 1. The van der Waals surface area contributed by atoms with E-state index in [1.807, 2.05) is 30.5 Å². The highest BCUT2D eigenvalue weighted by Gasteiger charge is 2.14. The number of benzene rings is 1. The van der Waals surface area contributed by atoms with Crippen LogP contribution in [0.5, 0.6) is 11.5 Å². The van der Waals surface area contributed by atoms with Crippen molar-refractivity contribution < 1.29 is 14.3 Å². The first-order valence-corrected chi connectivity index (χ1v) is 6.89. The minimum Gasteiger partial charge on any atom is -0.454 e. The lowest BCUT2D eigenvalue weighted by molar-refractivity contribution is 0.0946. The van der Waals surface area contributed by atoms with Crippen LogP contribution in [0.15, 0.2) is 42.7 Å². The van der Waals surface area contributed by atoms with E-state index in [0.717, 1.165) is 22.2 Å². The predicted octanol–water partition coefficient (Wildman–Crippen LogP) is 2.22. The zero-order valence-corrected chi connectivity index (χ0v) is 11.6. The Kier molecular flexibility index (Phi) is 2.93. The highest BCUT2D eigenvalue weighted by Crippen LogP contribution is 2.32. The Bertz CT molecular complexity index is 857. The third-order valence-corrected chi connectivity index (χ3v) is 3.56. The lowest BCUT2D eigenvalue weighted by Gasteiger charge is -2.06. The molecule has 1 amide bonds. The lowest BCUT2D eigenvalue weighted by Crippen LogP contribution is -2.23. The molecule has 3 heterocycles. The van der Waals surface area contributed by atoms with Gasteiger partial charge < -0.3 is 19.8 Å². The van der Waals surface area contributed by atoms with E-state index in [-0.39, 0.29) is 12.7 Å². The average molecular weight is 295 g/mol.